The Morgan fingerprint density at radius 3 is 2.80 bits per heavy atom. The summed E-state index contributed by atoms with van der Waals surface area (Å²) in [5, 5.41) is 8.02. The van der Waals surface area contributed by atoms with Crippen LogP contribution in [-0.4, -0.2) is 11.8 Å². The topological polar surface area (TPSA) is 85.3 Å². The fourth-order valence-corrected chi connectivity index (χ4v) is 3.76. The molecule has 25 heavy (non-hydrogen) atoms. The van der Waals surface area contributed by atoms with Crippen molar-refractivity contribution in [2.45, 2.75) is 6.42 Å². The smallest absolute Gasteiger partial charge is 0.251 e. The number of nitrogens with one attached hydrogen (secondary N) is 1. The number of hydrogen-bond donors (Lipinski definition) is 2. The Bertz CT molecular complexity index is 1110. The lowest BCUT2D eigenvalue weighted by atomic mass is 10.0. The van der Waals surface area contributed by atoms with Gasteiger partial charge in [0.05, 0.1) is 18.2 Å². The lowest BCUT2D eigenvalue weighted by Crippen LogP contribution is -2.17. The van der Waals surface area contributed by atoms with E-state index in [1.807, 2.05) is 36.4 Å². The lowest BCUT2D eigenvalue weighted by Gasteiger charge is -2.05. The van der Waals surface area contributed by atoms with Gasteiger partial charge < -0.3 is 15.5 Å². The minimum absolute atomic E-state index is 0.150. The number of hydrogen-bond acceptors (Lipinski definition) is 4. The van der Waals surface area contributed by atoms with Crippen molar-refractivity contribution in [3.8, 4) is 0 Å². The molecule has 0 atom stereocenters. The third-order valence-corrected chi connectivity index (χ3v) is 4.90. The molecule has 2 aromatic carbocycles. The van der Waals surface area contributed by atoms with Crippen molar-refractivity contribution < 1.29 is 14.0 Å². The average molecular weight is 350 g/mol. The number of benzene rings is 2. The summed E-state index contributed by atoms with van der Waals surface area (Å²) in [5.41, 5.74) is 7.18. The molecule has 124 valence electrons. The summed E-state index contributed by atoms with van der Waals surface area (Å²) in [5.74, 6) is -0.781. The third-order valence-electron chi connectivity index (χ3n) is 4.07. The average Bonchev–Trinajstić information content (AvgIpc) is 3.22. The van der Waals surface area contributed by atoms with Gasteiger partial charge in [-0.15, -0.1) is 11.3 Å². The molecule has 3 N–H and O–H groups in total. The molecule has 0 saturated heterocycles. The van der Waals surface area contributed by atoms with Crippen LogP contribution < -0.4 is 11.1 Å². The van der Waals surface area contributed by atoms with E-state index in [1.54, 1.807) is 17.7 Å². The second-order valence-electron chi connectivity index (χ2n) is 5.67. The quantitative estimate of drug-likeness (QED) is 0.585. The van der Waals surface area contributed by atoms with Crippen LogP contribution in [0, 0.1) is 0 Å². The molecule has 4 rings (SSSR count). The first-order valence-electron chi connectivity index (χ1n) is 7.68. The zero-order valence-electron chi connectivity index (χ0n) is 13.1. The van der Waals surface area contributed by atoms with Crippen LogP contribution >= 0.6 is 11.3 Å². The molecule has 0 saturated carbocycles. The van der Waals surface area contributed by atoms with Gasteiger partial charge in [0.25, 0.3) is 5.91 Å². The zero-order valence-corrected chi connectivity index (χ0v) is 13.9. The Hall–Kier alpha value is -3.12. The first-order valence-corrected chi connectivity index (χ1v) is 8.56. The van der Waals surface area contributed by atoms with Gasteiger partial charge in [-0.3, -0.25) is 9.59 Å². The molecule has 0 aliphatic heterocycles. The fourth-order valence-electron chi connectivity index (χ4n) is 2.95. The highest BCUT2D eigenvalue weighted by Gasteiger charge is 2.16. The van der Waals surface area contributed by atoms with E-state index in [9.17, 15) is 9.59 Å². The van der Waals surface area contributed by atoms with E-state index in [-0.39, 0.29) is 12.3 Å². The monoisotopic (exact) mass is 350 g/mol. The van der Waals surface area contributed by atoms with E-state index >= 15 is 0 Å². The van der Waals surface area contributed by atoms with Crippen molar-refractivity contribution in [2.24, 2.45) is 5.73 Å². The third kappa shape index (κ3) is 2.77. The van der Waals surface area contributed by atoms with Crippen molar-refractivity contribution in [2.75, 3.05) is 5.32 Å². The highest BCUT2D eigenvalue weighted by molar-refractivity contribution is 7.14. The van der Waals surface area contributed by atoms with Gasteiger partial charge in [-0.1, -0.05) is 30.3 Å². The van der Waals surface area contributed by atoms with E-state index in [0.29, 0.717) is 10.6 Å². The minimum Gasteiger partial charge on any atom is -0.464 e. The number of thiophene rings is 1. The number of fused-ring (bicyclic) bond motifs is 3. The van der Waals surface area contributed by atoms with E-state index in [4.69, 9.17) is 10.2 Å². The van der Waals surface area contributed by atoms with Crippen LogP contribution in [0.3, 0.4) is 0 Å². The van der Waals surface area contributed by atoms with Crippen LogP contribution in [0.1, 0.15) is 15.9 Å². The SMILES string of the molecule is NC(=O)c1ccsc1NC(=O)Cc1coc2ccc3ccccc3c12. The molecule has 2 aromatic heterocycles. The van der Waals surface area contributed by atoms with Gasteiger partial charge in [-0.2, -0.15) is 0 Å². The highest BCUT2D eigenvalue weighted by atomic mass is 32.1. The Kier molecular flexibility index (Phi) is 3.74. The summed E-state index contributed by atoms with van der Waals surface area (Å²) >= 11 is 1.27. The molecule has 4 aromatic rings. The second-order valence-corrected chi connectivity index (χ2v) is 6.59. The lowest BCUT2D eigenvalue weighted by molar-refractivity contribution is -0.115. The van der Waals surface area contributed by atoms with E-state index in [1.165, 1.54) is 11.3 Å². The van der Waals surface area contributed by atoms with E-state index < -0.39 is 5.91 Å². The summed E-state index contributed by atoms with van der Waals surface area (Å²) in [7, 11) is 0. The Morgan fingerprint density at radius 2 is 1.96 bits per heavy atom. The van der Waals surface area contributed by atoms with Gasteiger partial charge in [0.2, 0.25) is 5.91 Å². The maximum atomic E-state index is 12.4. The van der Waals surface area contributed by atoms with Crippen LogP contribution in [0.25, 0.3) is 21.7 Å². The summed E-state index contributed by atoms with van der Waals surface area (Å²) in [6.07, 6.45) is 1.76. The van der Waals surface area contributed by atoms with Crippen LogP contribution in [0.15, 0.2) is 58.5 Å². The molecular weight excluding hydrogens is 336 g/mol. The van der Waals surface area contributed by atoms with E-state index in [0.717, 1.165) is 27.3 Å². The number of rotatable bonds is 4. The number of carbonyl (C=O) groups excluding carboxylic acids is 2. The first-order chi connectivity index (χ1) is 12.1. The van der Waals surface area contributed by atoms with Gasteiger partial charge in [0.15, 0.2) is 0 Å². The Labute approximate surface area is 147 Å². The number of nitrogens with two attached hydrogens (primary N) is 1. The molecule has 0 spiro atoms. The number of anilines is 1. The normalized spacial score (nSPS) is 11.0. The van der Waals surface area contributed by atoms with Crippen LogP contribution in [-0.2, 0) is 11.2 Å². The van der Waals surface area contributed by atoms with Crippen molar-refractivity contribution >= 4 is 49.9 Å². The van der Waals surface area contributed by atoms with Gasteiger partial charge in [0.1, 0.15) is 10.6 Å². The maximum absolute atomic E-state index is 12.4. The van der Waals surface area contributed by atoms with Crippen molar-refractivity contribution in [3.05, 3.63) is 65.2 Å². The predicted octanol–water partition coefficient (Wildman–Crippen LogP) is 3.93. The second kappa shape index (κ2) is 6.07. The van der Waals surface area contributed by atoms with Crippen molar-refractivity contribution in [3.63, 3.8) is 0 Å². The van der Waals surface area contributed by atoms with E-state index in [2.05, 4.69) is 5.32 Å². The molecule has 6 heteroatoms. The van der Waals surface area contributed by atoms with Crippen LogP contribution in [0.2, 0.25) is 0 Å². The minimum atomic E-state index is -0.559. The number of primary amides is 1. The Balaban J connectivity index is 1.66. The largest absolute Gasteiger partial charge is 0.464 e. The molecule has 0 radical (unpaired) electrons. The van der Waals surface area contributed by atoms with Crippen LogP contribution in [0.4, 0.5) is 5.00 Å². The molecule has 2 heterocycles. The summed E-state index contributed by atoms with van der Waals surface area (Å²) in [6.45, 7) is 0. The molecule has 0 fully saturated rings. The van der Waals surface area contributed by atoms with Gasteiger partial charge in [-0.05, 0) is 28.3 Å². The molecule has 5 nitrogen and oxygen atoms in total. The molecular formula is C19H14N2O3S. The summed E-state index contributed by atoms with van der Waals surface area (Å²) in [6, 6.07) is 13.5. The molecule has 0 bridgehead atoms. The Morgan fingerprint density at radius 1 is 1.12 bits per heavy atom. The van der Waals surface area contributed by atoms with Gasteiger partial charge in [-0.25, -0.2) is 0 Å². The van der Waals surface area contributed by atoms with Crippen LogP contribution in [0.5, 0.6) is 0 Å². The first kappa shape index (κ1) is 15.4. The predicted molar refractivity (Wildman–Crippen MR) is 98.9 cm³/mol. The molecule has 0 aliphatic carbocycles. The number of carbonyl (C=O) groups is 2. The van der Waals surface area contributed by atoms with Crippen molar-refractivity contribution in [1.82, 2.24) is 0 Å². The molecule has 2 amide bonds. The fraction of sp³-hybridized carbons (Fsp3) is 0.0526. The molecule has 0 unspecified atom stereocenters. The summed E-state index contributed by atoms with van der Waals surface area (Å²) < 4.78 is 5.60. The maximum Gasteiger partial charge on any atom is 0.251 e. The highest BCUT2D eigenvalue weighted by Crippen LogP contribution is 2.30. The number of furan rings is 1. The van der Waals surface area contributed by atoms with Gasteiger partial charge in [0, 0.05) is 10.9 Å². The standard InChI is InChI=1S/C19H14N2O3S/c20-18(23)14-7-8-25-19(14)21-16(22)9-12-10-24-15-6-5-11-3-1-2-4-13(11)17(12)15/h1-8,10H,9H2,(H2,20,23)(H,21,22). The zero-order chi connectivity index (χ0) is 17.4. The summed E-state index contributed by atoms with van der Waals surface area (Å²) in [4.78, 5) is 23.8. The van der Waals surface area contributed by atoms with Crippen molar-refractivity contribution in [1.29, 1.82) is 0 Å². The molecule has 0 aliphatic rings. The number of amides is 2. The van der Waals surface area contributed by atoms with Gasteiger partial charge >= 0.3 is 0 Å².